The van der Waals surface area contributed by atoms with Crippen LogP contribution >= 0.6 is 0 Å². The summed E-state index contributed by atoms with van der Waals surface area (Å²) in [4.78, 5) is 25.1. The molecule has 0 saturated heterocycles. The van der Waals surface area contributed by atoms with Gasteiger partial charge in [-0.2, -0.15) is 0 Å². The lowest BCUT2D eigenvalue weighted by Crippen LogP contribution is -2.50. The molecule has 3 aliphatic rings. The van der Waals surface area contributed by atoms with Crippen molar-refractivity contribution in [2.45, 2.75) is 110 Å². The van der Waals surface area contributed by atoms with Crippen molar-refractivity contribution in [3.05, 3.63) is 11.8 Å². The van der Waals surface area contributed by atoms with E-state index in [1.165, 1.54) is 6.42 Å². The first kappa shape index (κ1) is 23.7. The Balaban J connectivity index is 1.64. The summed E-state index contributed by atoms with van der Waals surface area (Å²) in [5, 5.41) is 0.0350. The molecule has 5 heteroatoms. The Labute approximate surface area is 184 Å². The zero-order valence-electron chi connectivity index (χ0n) is 20.4. The maximum absolute atomic E-state index is 12.7. The van der Waals surface area contributed by atoms with Gasteiger partial charge in [-0.05, 0) is 80.5 Å². The number of carbonyl (C=O) groups is 2. The highest BCUT2D eigenvalue weighted by Gasteiger charge is 2.53. The minimum atomic E-state index is -2.09. The first-order valence-corrected chi connectivity index (χ1v) is 14.8. The Kier molecular flexibility index (Phi) is 6.23. The van der Waals surface area contributed by atoms with Crippen molar-refractivity contribution in [1.29, 1.82) is 0 Å². The molecule has 0 aromatic rings. The van der Waals surface area contributed by atoms with Crippen LogP contribution in [0.5, 0.6) is 0 Å². The SMILES string of the molecule is C[C@H](CCC1=C[C@](C)(O[Si](C)(C)C(C)(C)C)C(=O)O1)[C@H]1CCC2C(=O)CCC[C@@]21C. The predicted molar refractivity (Wildman–Crippen MR) is 122 cm³/mol. The lowest BCUT2D eigenvalue weighted by molar-refractivity contribution is -0.149. The second kappa shape index (κ2) is 7.88. The molecule has 30 heavy (non-hydrogen) atoms. The van der Waals surface area contributed by atoms with Gasteiger partial charge >= 0.3 is 5.97 Å². The molecule has 2 saturated carbocycles. The van der Waals surface area contributed by atoms with Crippen LogP contribution in [0, 0.1) is 23.2 Å². The van der Waals surface area contributed by atoms with Gasteiger partial charge in [-0.25, -0.2) is 4.79 Å². The van der Waals surface area contributed by atoms with Crippen LogP contribution in [-0.2, 0) is 18.8 Å². The van der Waals surface area contributed by atoms with E-state index in [4.69, 9.17) is 9.16 Å². The van der Waals surface area contributed by atoms with Crippen LogP contribution in [0.25, 0.3) is 0 Å². The third-order valence-electron chi connectivity index (χ3n) is 8.81. The number of hydrogen-bond donors (Lipinski definition) is 0. The average Bonchev–Trinajstić information content (AvgIpc) is 3.09. The van der Waals surface area contributed by atoms with E-state index in [0.717, 1.165) is 44.3 Å². The Morgan fingerprint density at radius 2 is 1.90 bits per heavy atom. The van der Waals surface area contributed by atoms with Gasteiger partial charge in [0.1, 0.15) is 11.5 Å². The molecule has 3 rings (SSSR count). The number of carbonyl (C=O) groups excluding carboxylic acids is 2. The number of cyclic esters (lactones) is 1. The average molecular weight is 435 g/mol. The van der Waals surface area contributed by atoms with E-state index in [1.807, 2.05) is 13.0 Å². The topological polar surface area (TPSA) is 52.6 Å². The normalized spacial score (nSPS) is 35.8. The van der Waals surface area contributed by atoms with Gasteiger partial charge in [-0.3, -0.25) is 4.79 Å². The van der Waals surface area contributed by atoms with Crippen LogP contribution in [0.3, 0.4) is 0 Å². The molecular formula is C25H42O4Si. The Bertz CT molecular complexity index is 734. The lowest BCUT2D eigenvalue weighted by atomic mass is 9.62. The highest BCUT2D eigenvalue weighted by Crippen LogP contribution is 2.57. The van der Waals surface area contributed by atoms with E-state index < -0.39 is 13.9 Å². The van der Waals surface area contributed by atoms with Crippen molar-refractivity contribution in [3.63, 3.8) is 0 Å². The third-order valence-corrected chi connectivity index (χ3v) is 13.4. The number of ketones is 1. The zero-order chi connectivity index (χ0) is 22.5. The molecule has 4 nitrogen and oxygen atoms in total. The minimum absolute atomic E-state index is 0.0350. The molecule has 0 aromatic carbocycles. The molecule has 0 radical (unpaired) electrons. The van der Waals surface area contributed by atoms with Crippen molar-refractivity contribution in [3.8, 4) is 0 Å². The molecule has 170 valence electrons. The number of rotatable bonds is 6. The Morgan fingerprint density at radius 3 is 2.53 bits per heavy atom. The van der Waals surface area contributed by atoms with Gasteiger partial charge in [-0.15, -0.1) is 0 Å². The number of esters is 1. The molecule has 0 N–H and O–H groups in total. The molecule has 1 unspecified atom stereocenters. The van der Waals surface area contributed by atoms with E-state index in [0.29, 0.717) is 17.6 Å². The van der Waals surface area contributed by atoms with Crippen LogP contribution in [-0.4, -0.2) is 25.7 Å². The number of allylic oxidation sites excluding steroid dienone is 1. The van der Waals surface area contributed by atoms with E-state index in [-0.39, 0.29) is 22.3 Å². The molecule has 0 spiro atoms. The number of ether oxygens (including phenoxy) is 1. The summed E-state index contributed by atoms with van der Waals surface area (Å²) in [7, 11) is -2.09. The van der Waals surface area contributed by atoms with Gasteiger partial charge in [0, 0.05) is 18.8 Å². The van der Waals surface area contributed by atoms with Crippen LogP contribution < -0.4 is 0 Å². The highest BCUT2D eigenvalue weighted by atomic mass is 28.4. The summed E-state index contributed by atoms with van der Waals surface area (Å²) < 4.78 is 12.1. The van der Waals surface area contributed by atoms with Gasteiger partial charge in [0.05, 0.1) is 0 Å². The van der Waals surface area contributed by atoms with E-state index in [1.54, 1.807) is 0 Å². The second-order valence-corrected chi connectivity index (χ2v) is 16.8. The standard InChI is InChI=1S/C25H42O4Si/c1-17(19-13-14-20-21(26)10-9-15-24(19,20)5)11-12-18-16-25(6,22(27)28-18)29-30(7,8)23(2,3)4/h16-17,19-20H,9-15H2,1-8H3/t17-,19-,20?,24-,25+/m1/s1. The first-order valence-electron chi connectivity index (χ1n) is 11.9. The minimum Gasteiger partial charge on any atom is -0.429 e. The third kappa shape index (κ3) is 4.21. The van der Waals surface area contributed by atoms with Crippen molar-refractivity contribution >= 4 is 20.1 Å². The molecule has 0 bridgehead atoms. The fraction of sp³-hybridized carbons (Fsp3) is 0.840. The number of fused-ring (bicyclic) bond motifs is 1. The summed E-state index contributed by atoms with van der Waals surface area (Å²) in [5.41, 5.74) is -0.808. The molecule has 2 fully saturated rings. The molecule has 1 aliphatic heterocycles. The van der Waals surface area contributed by atoms with Gasteiger partial charge in [0.25, 0.3) is 0 Å². The smallest absolute Gasteiger partial charge is 0.346 e. The van der Waals surface area contributed by atoms with Crippen molar-refractivity contribution in [1.82, 2.24) is 0 Å². The summed E-state index contributed by atoms with van der Waals surface area (Å²) >= 11 is 0. The van der Waals surface area contributed by atoms with E-state index in [2.05, 4.69) is 47.7 Å². The fourth-order valence-corrected chi connectivity index (χ4v) is 7.48. The maximum atomic E-state index is 12.7. The van der Waals surface area contributed by atoms with Gasteiger partial charge in [0.2, 0.25) is 0 Å². The molecule has 0 aromatic heterocycles. The molecule has 1 heterocycles. The summed E-state index contributed by atoms with van der Waals surface area (Å²) in [6, 6.07) is 0. The number of Topliss-reactive ketones (excluding diaryl/α,β-unsaturated/α-hetero) is 1. The Morgan fingerprint density at radius 1 is 1.23 bits per heavy atom. The molecule has 2 aliphatic carbocycles. The largest absolute Gasteiger partial charge is 0.429 e. The molecular weight excluding hydrogens is 392 g/mol. The van der Waals surface area contributed by atoms with Crippen LogP contribution in [0.15, 0.2) is 11.8 Å². The maximum Gasteiger partial charge on any atom is 0.346 e. The predicted octanol–water partition coefficient (Wildman–Crippen LogP) is 6.41. The fourth-order valence-electron chi connectivity index (χ4n) is 5.97. The van der Waals surface area contributed by atoms with Crippen LogP contribution in [0.2, 0.25) is 18.1 Å². The first-order chi connectivity index (χ1) is 13.7. The summed E-state index contributed by atoms with van der Waals surface area (Å²) in [5.74, 6) is 2.33. The quantitative estimate of drug-likeness (QED) is 0.358. The van der Waals surface area contributed by atoms with E-state index in [9.17, 15) is 9.59 Å². The van der Waals surface area contributed by atoms with Gasteiger partial charge < -0.3 is 9.16 Å². The van der Waals surface area contributed by atoms with Crippen LogP contribution in [0.1, 0.15) is 86.5 Å². The highest BCUT2D eigenvalue weighted by molar-refractivity contribution is 6.74. The molecule has 0 amide bonds. The van der Waals surface area contributed by atoms with Crippen molar-refractivity contribution in [2.24, 2.45) is 23.2 Å². The van der Waals surface area contributed by atoms with E-state index >= 15 is 0 Å². The summed E-state index contributed by atoms with van der Waals surface area (Å²) in [6.45, 7) is 17.4. The second-order valence-electron chi connectivity index (χ2n) is 12.0. The summed E-state index contributed by atoms with van der Waals surface area (Å²) in [6.07, 6.45) is 8.86. The van der Waals surface area contributed by atoms with Crippen LogP contribution in [0.4, 0.5) is 0 Å². The lowest BCUT2D eigenvalue weighted by Gasteiger charge is -2.42. The number of hydrogen-bond acceptors (Lipinski definition) is 4. The van der Waals surface area contributed by atoms with Crippen molar-refractivity contribution in [2.75, 3.05) is 0 Å². The zero-order valence-corrected chi connectivity index (χ0v) is 21.4. The van der Waals surface area contributed by atoms with Crippen molar-refractivity contribution < 1.29 is 18.8 Å². The monoisotopic (exact) mass is 434 g/mol. The Hall–Kier alpha value is -0.943. The van der Waals surface area contributed by atoms with Gasteiger partial charge in [0.15, 0.2) is 13.9 Å². The molecule has 5 atom stereocenters. The van der Waals surface area contributed by atoms with Gasteiger partial charge in [-0.1, -0.05) is 34.6 Å².